The quantitative estimate of drug-likeness (QED) is 0.409. The van der Waals surface area contributed by atoms with Crippen molar-refractivity contribution in [2.45, 2.75) is 51.6 Å². The molecule has 1 atom stereocenters. The first kappa shape index (κ1) is 19.5. The molecule has 3 rings (SSSR count). The number of aromatic nitrogens is 4. The number of carbonyl (C=O) groups is 2. The molecule has 2 aromatic rings. The molecule has 1 aromatic carbocycles. The fraction of sp³-hybridized carbons (Fsp3) is 0.526. The van der Waals surface area contributed by atoms with Crippen LogP contribution in [0.4, 0.5) is 0 Å². The Morgan fingerprint density at radius 2 is 2.19 bits per heavy atom. The van der Waals surface area contributed by atoms with Gasteiger partial charge in [-0.1, -0.05) is 23.9 Å². The molecule has 0 aliphatic heterocycles. The first-order valence-corrected chi connectivity index (χ1v) is 10.2. The Morgan fingerprint density at radius 1 is 1.37 bits per heavy atom. The molecule has 1 saturated carbocycles. The Balaban J connectivity index is 1.74. The van der Waals surface area contributed by atoms with Gasteiger partial charge in [-0.05, 0) is 67.7 Å². The molecule has 1 aliphatic rings. The van der Waals surface area contributed by atoms with Gasteiger partial charge in [-0.15, -0.1) is 5.10 Å². The van der Waals surface area contributed by atoms with Crippen molar-refractivity contribution in [3.05, 3.63) is 29.3 Å². The molecular formula is C19H24N4O3S. The number of ketones is 1. The Morgan fingerprint density at radius 3 is 2.89 bits per heavy atom. The molecule has 144 valence electrons. The highest BCUT2D eigenvalue weighted by molar-refractivity contribution is 7.99. The predicted octanol–water partition coefficient (Wildman–Crippen LogP) is 3.06. The monoisotopic (exact) mass is 388 g/mol. The lowest BCUT2D eigenvalue weighted by Gasteiger charge is -2.24. The Hall–Kier alpha value is -2.22. The van der Waals surface area contributed by atoms with Crippen LogP contribution >= 0.6 is 11.8 Å². The zero-order valence-electron chi connectivity index (χ0n) is 15.9. The van der Waals surface area contributed by atoms with Crippen LogP contribution in [0.15, 0.2) is 23.4 Å². The van der Waals surface area contributed by atoms with Gasteiger partial charge in [0.05, 0.1) is 12.3 Å². The second-order valence-corrected chi connectivity index (χ2v) is 7.83. The largest absolute Gasteiger partial charge is 0.465 e. The van der Waals surface area contributed by atoms with Gasteiger partial charge >= 0.3 is 5.97 Å². The maximum atomic E-state index is 12.4. The molecule has 1 unspecified atom stereocenters. The Bertz CT molecular complexity index is 851. The summed E-state index contributed by atoms with van der Waals surface area (Å²) in [4.78, 5) is 24.9. The Kier molecular flexibility index (Phi) is 5.94. The number of esters is 1. The zero-order valence-corrected chi connectivity index (χ0v) is 16.7. The van der Waals surface area contributed by atoms with E-state index in [1.165, 1.54) is 11.8 Å². The fourth-order valence-electron chi connectivity index (χ4n) is 3.48. The maximum Gasteiger partial charge on any atom is 0.319 e. The van der Waals surface area contributed by atoms with Gasteiger partial charge in [-0.3, -0.25) is 9.59 Å². The number of hydrogen-bond acceptors (Lipinski definition) is 7. The van der Waals surface area contributed by atoms with E-state index in [0.717, 1.165) is 23.2 Å². The lowest BCUT2D eigenvalue weighted by Crippen LogP contribution is -2.37. The molecule has 0 bridgehead atoms. The molecule has 0 amide bonds. The molecule has 7 nitrogen and oxygen atoms in total. The minimum atomic E-state index is -0.999. The van der Waals surface area contributed by atoms with Crippen molar-refractivity contribution in [2.75, 3.05) is 12.4 Å². The zero-order chi connectivity index (χ0) is 19.4. The number of benzene rings is 1. The van der Waals surface area contributed by atoms with Crippen LogP contribution < -0.4 is 0 Å². The van der Waals surface area contributed by atoms with Gasteiger partial charge < -0.3 is 4.74 Å². The number of aryl methyl sites for hydroxylation is 1. The molecule has 1 aromatic heterocycles. The fourth-order valence-corrected chi connectivity index (χ4v) is 4.47. The van der Waals surface area contributed by atoms with E-state index < -0.39 is 5.41 Å². The van der Waals surface area contributed by atoms with Crippen molar-refractivity contribution >= 4 is 23.5 Å². The minimum absolute atomic E-state index is 0.00401. The summed E-state index contributed by atoms with van der Waals surface area (Å²) in [6, 6.07) is 5.99. The third-order valence-corrected chi connectivity index (χ3v) is 6.13. The number of thioether (sulfide) groups is 1. The van der Waals surface area contributed by atoms with E-state index in [9.17, 15) is 9.59 Å². The molecule has 0 saturated heterocycles. The Labute approximate surface area is 162 Å². The van der Waals surface area contributed by atoms with E-state index in [2.05, 4.69) is 15.5 Å². The van der Waals surface area contributed by atoms with Crippen LogP contribution in [0, 0.1) is 19.3 Å². The van der Waals surface area contributed by atoms with Gasteiger partial charge in [-0.25, -0.2) is 0 Å². The van der Waals surface area contributed by atoms with Crippen molar-refractivity contribution < 1.29 is 14.3 Å². The summed E-state index contributed by atoms with van der Waals surface area (Å²) in [6.07, 6.45) is 2.19. The number of nitrogens with zero attached hydrogens (tertiary/aromatic N) is 4. The molecule has 0 radical (unpaired) electrons. The number of rotatable bonds is 7. The van der Waals surface area contributed by atoms with E-state index >= 15 is 0 Å². The number of ether oxygens (including phenoxy) is 1. The van der Waals surface area contributed by atoms with Crippen LogP contribution in [0.3, 0.4) is 0 Å². The SMILES string of the molecule is CCOC(=O)C1(CCSc2nnnn2-c2cccc(C)c2C)CCCC1=O. The van der Waals surface area contributed by atoms with Crippen LogP contribution in [0.5, 0.6) is 0 Å². The molecule has 0 N–H and O–H groups in total. The second-order valence-electron chi connectivity index (χ2n) is 6.77. The van der Waals surface area contributed by atoms with E-state index in [1.54, 1.807) is 11.6 Å². The summed E-state index contributed by atoms with van der Waals surface area (Å²) >= 11 is 1.45. The minimum Gasteiger partial charge on any atom is -0.465 e. The molecule has 1 heterocycles. The van der Waals surface area contributed by atoms with Crippen molar-refractivity contribution in [1.29, 1.82) is 0 Å². The van der Waals surface area contributed by atoms with Gasteiger partial charge in [0.25, 0.3) is 0 Å². The standard InChI is InChI=1S/C19H24N4O3S/c1-4-26-17(25)19(10-6-9-16(19)24)11-12-27-18-20-21-22-23(18)15-8-5-7-13(2)14(15)3/h5,7-8H,4,6,9-12H2,1-3H3. The van der Waals surface area contributed by atoms with Crippen LogP contribution in [0.1, 0.15) is 43.7 Å². The van der Waals surface area contributed by atoms with Crippen LogP contribution in [0.2, 0.25) is 0 Å². The lowest BCUT2D eigenvalue weighted by molar-refractivity contribution is -0.158. The summed E-state index contributed by atoms with van der Waals surface area (Å²) < 4.78 is 6.90. The molecule has 1 aliphatic carbocycles. The number of carbonyl (C=O) groups excluding carboxylic acids is 2. The van der Waals surface area contributed by atoms with Gasteiger partial charge in [0, 0.05) is 12.2 Å². The van der Waals surface area contributed by atoms with Crippen molar-refractivity contribution in [3.63, 3.8) is 0 Å². The van der Waals surface area contributed by atoms with Gasteiger partial charge in [0.2, 0.25) is 5.16 Å². The molecule has 27 heavy (non-hydrogen) atoms. The molecular weight excluding hydrogens is 364 g/mol. The highest BCUT2D eigenvalue weighted by Crippen LogP contribution is 2.40. The summed E-state index contributed by atoms with van der Waals surface area (Å²) in [5.74, 6) is 0.174. The molecule has 0 spiro atoms. The second kappa shape index (κ2) is 8.21. The first-order chi connectivity index (χ1) is 13.0. The van der Waals surface area contributed by atoms with Crippen LogP contribution in [-0.4, -0.2) is 44.3 Å². The molecule has 1 fully saturated rings. The lowest BCUT2D eigenvalue weighted by atomic mass is 9.82. The van der Waals surface area contributed by atoms with E-state index in [0.29, 0.717) is 30.2 Å². The third kappa shape index (κ3) is 3.76. The summed E-state index contributed by atoms with van der Waals surface area (Å²) in [6.45, 7) is 6.13. The average Bonchev–Trinajstić information content (AvgIpc) is 3.25. The summed E-state index contributed by atoms with van der Waals surface area (Å²) in [5, 5.41) is 12.7. The predicted molar refractivity (Wildman–Crippen MR) is 102 cm³/mol. The van der Waals surface area contributed by atoms with Gasteiger partial charge in [-0.2, -0.15) is 4.68 Å². The van der Waals surface area contributed by atoms with Gasteiger partial charge in [0.15, 0.2) is 0 Å². The summed E-state index contributed by atoms with van der Waals surface area (Å²) in [5.41, 5.74) is 2.21. The number of Topliss-reactive ketones (excluding diaryl/α,β-unsaturated/α-hetero) is 1. The van der Waals surface area contributed by atoms with Crippen molar-refractivity contribution in [1.82, 2.24) is 20.2 Å². The topological polar surface area (TPSA) is 87.0 Å². The van der Waals surface area contributed by atoms with Crippen LogP contribution in [0.25, 0.3) is 5.69 Å². The van der Waals surface area contributed by atoms with E-state index in [1.807, 2.05) is 32.0 Å². The average molecular weight is 388 g/mol. The first-order valence-electron chi connectivity index (χ1n) is 9.18. The third-order valence-electron chi connectivity index (χ3n) is 5.21. The van der Waals surface area contributed by atoms with E-state index in [4.69, 9.17) is 4.74 Å². The number of hydrogen-bond donors (Lipinski definition) is 0. The maximum absolute atomic E-state index is 12.4. The normalized spacial score (nSPS) is 19.4. The van der Waals surface area contributed by atoms with Gasteiger partial charge in [0.1, 0.15) is 11.2 Å². The number of tetrazole rings is 1. The van der Waals surface area contributed by atoms with Crippen molar-refractivity contribution in [2.24, 2.45) is 5.41 Å². The van der Waals surface area contributed by atoms with Crippen molar-refractivity contribution in [3.8, 4) is 5.69 Å². The summed E-state index contributed by atoms with van der Waals surface area (Å²) in [7, 11) is 0. The smallest absolute Gasteiger partial charge is 0.319 e. The highest BCUT2D eigenvalue weighted by Gasteiger charge is 2.49. The highest BCUT2D eigenvalue weighted by atomic mass is 32.2. The van der Waals surface area contributed by atoms with Crippen LogP contribution in [-0.2, 0) is 14.3 Å². The molecule has 8 heteroatoms. The van der Waals surface area contributed by atoms with E-state index in [-0.39, 0.29) is 18.4 Å².